The fraction of sp³-hybridized carbons (Fsp3) is 0.571. The molecule has 1 aromatic heterocycles. The molecular formula is C14H21N3O4S. The summed E-state index contributed by atoms with van der Waals surface area (Å²) in [5.41, 5.74) is 1.08. The van der Waals surface area contributed by atoms with Crippen LogP contribution in [0.1, 0.15) is 12.0 Å². The zero-order chi connectivity index (χ0) is 16.2. The van der Waals surface area contributed by atoms with E-state index in [4.69, 9.17) is 0 Å². The maximum absolute atomic E-state index is 12.0. The first-order valence-electron chi connectivity index (χ1n) is 7.14. The molecule has 1 aliphatic rings. The molecular weight excluding hydrogens is 306 g/mol. The first-order chi connectivity index (χ1) is 10.3. The Hall–Kier alpha value is -1.51. The van der Waals surface area contributed by atoms with E-state index < -0.39 is 16.1 Å². The molecule has 0 aromatic carbocycles. The van der Waals surface area contributed by atoms with Crippen molar-refractivity contribution >= 4 is 15.9 Å². The van der Waals surface area contributed by atoms with Crippen LogP contribution in [0.2, 0.25) is 0 Å². The van der Waals surface area contributed by atoms with Crippen LogP contribution in [0, 0.1) is 5.92 Å². The van der Waals surface area contributed by atoms with Gasteiger partial charge in [-0.2, -0.15) is 0 Å². The predicted molar refractivity (Wildman–Crippen MR) is 81.5 cm³/mol. The minimum Gasteiger partial charge on any atom is -0.391 e. The molecule has 2 atom stereocenters. The molecule has 1 saturated heterocycles. The Morgan fingerprint density at radius 1 is 1.41 bits per heavy atom. The maximum atomic E-state index is 12.0. The predicted octanol–water partition coefficient (Wildman–Crippen LogP) is -0.617. The zero-order valence-corrected chi connectivity index (χ0v) is 13.3. The van der Waals surface area contributed by atoms with Crippen molar-refractivity contribution in [1.82, 2.24) is 14.6 Å². The van der Waals surface area contributed by atoms with Gasteiger partial charge in [0.15, 0.2) is 0 Å². The van der Waals surface area contributed by atoms with Crippen LogP contribution in [0.5, 0.6) is 0 Å². The van der Waals surface area contributed by atoms with E-state index in [1.54, 1.807) is 17.3 Å². The number of amides is 1. The number of β-amino-alcohol motifs (C(OH)–C–C–N with tert-alkyl or cyclic N) is 1. The van der Waals surface area contributed by atoms with Gasteiger partial charge >= 0.3 is 0 Å². The smallest absolute Gasteiger partial charge is 0.223 e. The van der Waals surface area contributed by atoms with Crippen LogP contribution >= 0.6 is 0 Å². The van der Waals surface area contributed by atoms with E-state index in [1.807, 2.05) is 12.1 Å². The van der Waals surface area contributed by atoms with Crippen molar-refractivity contribution in [2.45, 2.75) is 18.9 Å². The third-order valence-corrected chi connectivity index (χ3v) is 4.44. The van der Waals surface area contributed by atoms with Gasteiger partial charge in [0.05, 0.1) is 12.4 Å². The van der Waals surface area contributed by atoms with E-state index in [-0.39, 0.29) is 24.8 Å². The lowest BCUT2D eigenvalue weighted by atomic mass is 9.97. The Labute approximate surface area is 130 Å². The van der Waals surface area contributed by atoms with Crippen molar-refractivity contribution in [2.24, 2.45) is 5.92 Å². The van der Waals surface area contributed by atoms with Gasteiger partial charge in [0.1, 0.15) is 0 Å². The Kier molecular flexibility index (Phi) is 5.49. The van der Waals surface area contributed by atoms with Gasteiger partial charge in [-0.1, -0.05) is 0 Å². The van der Waals surface area contributed by atoms with Gasteiger partial charge in [0.2, 0.25) is 15.9 Å². The summed E-state index contributed by atoms with van der Waals surface area (Å²) in [7, 11) is -3.28. The molecule has 2 rings (SSSR count). The molecule has 1 aliphatic heterocycles. The number of likely N-dealkylation sites (tertiary alicyclic amines) is 1. The van der Waals surface area contributed by atoms with E-state index in [0.29, 0.717) is 19.5 Å². The Bertz CT molecular complexity index is 606. The minimum atomic E-state index is -3.28. The van der Waals surface area contributed by atoms with Gasteiger partial charge in [-0.3, -0.25) is 9.78 Å². The largest absolute Gasteiger partial charge is 0.391 e. The molecule has 0 saturated carbocycles. The SMILES string of the molecule is CS(=O)(=O)NCCC(=O)N1C[C@@H](Cc2ccncc2)[C@H](O)C1. The third kappa shape index (κ3) is 5.04. The molecule has 2 heterocycles. The van der Waals surface area contributed by atoms with Crippen molar-refractivity contribution in [3.05, 3.63) is 30.1 Å². The molecule has 7 nitrogen and oxygen atoms in total. The minimum absolute atomic E-state index is 0.00535. The zero-order valence-electron chi connectivity index (χ0n) is 12.5. The molecule has 0 spiro atoms. The summed E-state index contributed by atoms with van der Waals surface area (Å²) in [6, 6.07) is 3.79. The second kappa shape index (κ2) is 7.17. The number of sulfonamides is 1. The summed E-state index contributed by atoms with van der Waals surface area (Å²) < 4.78 is 24.2. The van der Waals surface area contributed by atoms with E-state index >= 15 is 0 Å². The second-order valence-corrected chi connectivity index (χ2v) is 7.44. The summed E-state index contributed by atoms with van der Waals surface area (Å²) >= 11 is 0. The van der Waals surface area contributed by atoms with Gasteiger partial charge in [-0.15, -0.1) is 0 Å². The number of aromatic nitrogens is 1. The number of nitrogens with one attached hydrogen (secondary N) is 1. The Balaban J connectivity index is 1.83. The molecule has 22 heavy (non-hydrogen) atoms. The number of carbonyl (C=O) groups excluding carboxylic acids is 1. The lowest BCUT2D eigenvalue weighted by molar-refractivity contribution is -0.130. The van der Waals surface area contributed by atoms with Crippen LogP contribution < -0.4 is 4.72 Å². The molecule has 0 radical (unpaired) electrons. The number of aliphatic hydroxyl groups excluding tert-OH is 1. The normalized spacial score (nSPS) is 22.0. The summed E-state index contributed by atoms with van der Waals surface area (Å²) in [5.74, 6) is -0.151. The van der Waals surface area contributed by atoms with Crippen molar-refractivity contribution in [3.8, 4) is 0 Å². The van der Waals surface area contributed by atoms with Crippen LogP contribution in [0.4, 0.5) is 0 Å². The van der Waals surface area contributed by atoms with Crippen molar-refractivity contribution in [2.75, 3.05) is 25.9 Å². The number of hydrogen-bond acceptors (Lipinski definition) is 5. The van der Waals surface area contributed by atoms with Gasteiger partial charge in [-0.05, 0) is 24.1 Å². The first kappa shape index (κ1) is 16.9. The van der Waals surface area contributed by atoms with Crippen LogP contribution in [0.25, 0.3) is 0 Å². The quantitative estimate of drug-likeness (QED) is 0.726. The van der Waals surface area contributed by atoms with Crippen LogP contribution in [0.3, 0.4) is 0 Å². The fourth-order valence-electron chi connectivity index (χ4n) is 2.58. The van der Waals surface area contributed by atoms with E-state index in [2.05, 4.69) is 9.71 Å². The molecule has 1 amide bonds. The molecule has 0 aliphatic carbocycles. The highest BCUT2D eigenvalue weighted by Gasteiger charge is 2.33. The number of carbonyl (C=O) groups is 1. The Morgan fingerprint density at radius 3 is 2.73 bits per heavy atom. The van der Waals surface area contributed by atoms with Crippen molar-refractivity contribution in [1.29, 1.82) is 0 Å². The monoisotopic (exact) mass is 327 g/mol. The molecule has 0 unspecified atom stereocenters. The van der Waals surface area contributed by atoms with Gasteiger partial charge in [0, 0.05) is 44.4 Å². The van der Waals surface area contributed by atoms with Gasteiger partial charge < -0.3 is 10.0 Å². The summed E-state index contributed by atoms with van der Waals surface area (Å²) in [4.78, 5) is 17.6. The number of pyridine rings is 1. The topological polar surface area (TPSA) is 99.6 Å². The highest BCUT2D eigenvalue weighted by atomic mass is 32.2. The molecule has 122 valence electrons. The van der Waals surface area contributed by atoms with Crippen LogP contribution in [-0.4, -0.2) is 61.3 Å². The highest BCUT2D eigenvalue weighted by molar-refractivity contribution is 7.88. The lowest BCUT2D eigenvalue weighted by Crippen LogP contribution is -2.33. The van der Waals surface area contributed by atoms with Crippen molar-refractivity contribution in [3.63, 3.8) is 0 Å². The molecule has 8 heteroatoms. The number of aliphatic hydroxyl groups is 1. The van der Waals surface area contributed by atoms with Gasteiger partial charge in [-0.25, -0.2) is 13.1 Å². The number of hydrogen-bond donors (Lipinski definition) is 2. The summed E-state index contributed by atoms with van der Waals surface area (Å²) in [6.45, 7) is 0.869. The summed E-state index contributed by atoms with van der Waals surface area (Å²) in [5, 5.41) is 10.1. The van der Waals surface area contributed by atoms with Crippen molar-refractivity contribution < 1.29 is 18.3 Å². The third-order valence-electron chi connectivity index (χ3n) is 3.71. The summed E-state index contributed by atoms with van der Waals surface area (Å²) in [6.07, 6.45) is 4.70. The standard InChI is InChI=1S/C14H21N3O4S/c1-22(20,21)16-7-4-14(19)17-9-12(13(18)10-17)8-11-2-5-15-6-3-11/h2-3,5-6,12-13,16,18H,4,7-10H2,1H3/t12-,13-/m1/s1. The molecule has 1 fully saturated rings. The maximum Gasteiger partial charge on any atom is 0.223 e. The van der Waals surface area contributed by atoms with E-state index in [9.17, 15) is 18.3 Å². The average molecular weight is 327 g/mol. The highest BCUT2D eigenvalue weighted by Crippen LogP contribution is 2.21. The van der Waals surface area contributed by atoms with Gasteiger partial charge in [0.25, 0.3) is 0 Å². The van der Waals surface area contributed by atoms with E-state index in [1.165, 1.54) is 0 Å². The molecule has 1 aromatic rings. The average Bonchev–Trinajstić information content (AvgIpc) is 2.80. The fourth-order valence-corrected chi connectivity index (χ4v) is 3.05. The molecule has 2 N–H and O–H groups in total. The lowest BCUT2D eigenvalue weighted by Gasteiger charge is -2.16. The Morgan fingerprint density at radius 2 is 2.09 bits per heavy atom. The second-order valence-electron chi connectivity index (χ2n) is 5.60. The number of nitrogens with zero attached hydrogens (tertiary/aromatic N) is 2. The first-order valence-corrected chi connectivity index (χ1v) is 9.03. The number of rotatable bonds is 6. The molecule has 0 bridgehead atoms. The van der Waals surface area contributed by atoms with E-state index in [0.717, 1.165) is 11.8 Å². The van der Waals surface area contributed by atoms with Crippen LogP contribution in [0.15, 0.2) is 24.5 Å². The van der Waals surface area contributed by atoms with Crippen LogP contribution in [-0.2, 0) is 21.2 Å².